The second-order valence-electron chi connectivity index (χ2n) is 7.42. The van der Waals surface area contributed by atoms with Crippen LogP contribution >= 0.6 is 12.2 Å². The Morgan fingerprint density at radius 3 is 2.47 bits per heavy atom. The predicted molar refractivity (Wildman–Crippen MR) is 76.1 cm³/mol. The summed E-state index contributed by atoms with van der Waals surface area (Å²) >= 11 is 5.15. The topological polar surface area (TPSA) is 67.6 Å². The van der Waals surface area contributed by atoms with Crippen LogP contribution in [0.15, 0.2) is 0 Å². The van der Waals surface area contributed by atoms with Crippen LogP contribution in [0.5, 0.6) is 0 Å². The average molecular weight is 276 g/mol. The molecule has 1 aromatic rings. The van der Waals surface area contributed by atoms with Gasteiger partial charge >= 0.3 is 0 Å². The van der Waals surface area contributed by atoms with E-state index in [1.807, 2.05) is 0 Å². The van der Waals surface area contributed by atoms with Crippen molar-refractivity contribution in [3.05, 3.63) is 10.6 Å². The number of H-pyrrole nitrogens is 1. The van der Waals surface area contributed by atoms with E-state index >= 15 is 0 Å². The van der Waals surface area contributed by atoms with Crippen molar-refractivity contribution < 1.29 is 0 Å². The third-order valence-corrected chi connectivity index (χ3v) is 5.71. The molecule has 3 N–H and O–H groups in total. The van der Waals surface area contributed by atoms with Gasteiger partial charge in [0, 0.05) is 5.41 Å². The highest BCUT2D eigenvalue weighted by Gasteiger charge is 2.57. The van der Waals surface area contributed by atoms with Gasteiger partial charge in [0.1, 0.15) is 5.82 Å². The first-order valence-electron chi connectivity index (χ1n) is 7.21. The Balaban J connectivity index is 1.83. The molecule has 4 bridgehead atoms. The lowest BCUT2D eigenvalue weighted by molar-refractivity contribution is -0.0649. The molecule has 4 saturated carbocycles. The van der Waals surface area contributed by atoms with Gasteiger partial charge < -0.3 is 10.7 Å². The monoisotopic (exact) mass is 276 g/mol. The quantitative estimate of drug-likeness (QED) is 0.774. The van der Waals surface area contributed by atoms with Gasteiger partial charge in [0.05, 0.1) is 0 Å². The van der Waals surface area contributed by atoms with E-state index in [0.717, 1.165) is 17.7 Å². The number of hydrogen-bond donors (Lipinski definition) is 2. The van der Waals surface area contributed by atoms with Crippen molar-refractivity contribution in [2.24, 2.45) is 17.3 Å². The van der Waals surface area contributed by atoms with Crippen LogP contribution in [0, 0.1) is 22.0 Å². The zero-order valence-electron chi connectivity index (χ0n) is 11.3. The standard InChI is InChI=1S/C14H20N4S/c1-13-3-8-2-9(4-13)6-14(5-8,7-13)10-16-11(15)18-12(19)17-10/h8-9H,2-7H2,1H3,(H3,15,16,17,18,19). The number of aromatic nitrogens is 3. The molecule has 4 aliphatic carbocycles. The minimum Gasteiger partial charge on any atom is -0.369 e. The van der Waals surface area contributed by atoms with E-state index < -0.39 is 0 Å². The summed E-state index contributed by atoms with van der Waals surface area (Å²) in [5.41, 5.74) is 6.52. The first-order chi connectivity index (χ1) is 8.96. The molecule has 2 unspecified atom stereocenters. The van der Waals surface area contributed by atoms with Gasteiger partial charge in [0.25, 0.3) is 0 Å². The fraction of sp³-hybridized carbons (Fsp3) is 0.786. The van der Waals surface area contributed by atoms with E-state index in [2.05, 4.69) is 21.9 Å². The number of nitrogen functional groups attached to an aromatic ring is 1. The molecule has 0 radical (unpaired) electrons. The largest absolute Gasteiger partial charge is 0.369 e. The second-order valence-corrected chi connectivity index (χ2v) is 7.78. The van der Waals surface area contributed by atoms with Crippen LogP contribution in [0.3, 0.4) is 0 Å². The van der Waals surface area contributed by atoms with Crippen LogP contribution in [0.25, 0.3) is 0 Å². The Morgan fingerprint density at radius 2 is 1.89 bits per heavy atom. The van der Waals surface area contributed by atoms with Gasteiger partial charge in [0.2, 0.25) is 10.7 Å². The Labute approximate surface area is 118 Å². The summed E-state index contributed by atoms with van der Waals surface area (Å²) in [6, 6.07) is 0. The number of rotatable bonds is 1. The van der Waals surface area contributed by atoms with Gasteiger partial charge in [-0.25, -0.2) is 4.98 Å². The van der Waals surface area contributed by atoms with E-state index in [0.29, 0.717) is 16.1 Å². The summed E-state index contributed by atoms with van der Waals surface area (Å²) in [4.78, 5) is 11.7. The van der Waals surface area contributed by atoms with Gasteiger partial charge in [-0.1, -0.05) is 6.92 Å². The van der Waals surface area contributed by atoms with Crippen LogP contribution in [0.2, 0.25) is 0 Å². The van der Waals surface area contributed by atoms with Gasteiger partial charge in [-0.2, -0.15) is 4.98 Å². The highest BCUT2D eigenvalue weighted by Crippen LogP contribution is 2.65. The highest BCUT2D eigenvalue weighted by atomic mass is 32.1. The van der Waals surface area contributed by atoms with Crippen molar-refractivity contribution in [1.82, 2.24) is 15.0 Å². The maximum atomic E-state index is 5.84. The van der Waals surface area contributed by atoms with Crippen LogP contribution in [0.1, 0.15) is 51.3 Å². The minimum atomic E-state index is 0.184. The van der Waals surface area contributed by atoms with Gasteiger partial charge in [-0.15, -0.1) is 0 Å². The number of nitrogens with one attached hydrogen (secondary N) is 1. The molecule has 0 spiro atoms. The number of nitrogens with two attached hydrogens (primary N) is 1. The summed E-state index contributed by atoms with van der Waals surface area (Å²) in [7, 11) is 0. The molecule has 4 fully saturated rings. The zero-order valence-corrected chi connectivity index (χ0v) is 12.1. The molecule has 0 amide bonds. The zero-order chi connectivity index (χ0) is 13.3. The Bertz CT molecular complexity index is 579. The summed E-state index contributed by atoms with van der Waals surface area (Å²) in [5.74, 6) is 3.15. The fourth-order valence-corrected chi connectivity index (χ4v) is 5.84. The van der Waals surface area contributed by atoms with E-state index in [4.69, 9.17) is 18.0 Å². The lowest BCUT2D eigenvalue weighted by atomic mass is 9.44. The average Bonchev–Trinajstić information content (AvgIpc) is 2.23. The molecule has 0 aromatic carbocycles. The van der Waals surface area contributed by atoms with E-state index in [9.17, 15) is 0 Å². The summed E-state index contributed by atoms with van der Waals surface area (Å²) in [5, 5.41) is 0. The first-order valence-corrected chi connectivity index (χ1v) is 7.62. The van der Waals surface area contributed by atoms with Gasteiger partial charge in [-0.3, -0.25) is 0 Å². The van der Waals surface area contributed by atoms with Crippen molar-refractivity contribution in [2.75, 3.05) is 5.73 Å². The smallest absolute Gasteiger partial charge is 0.224 e. The van der Waals surface area contributed by atoms with Crippen molar-refractivity contribution in [3.8, 4) is 0 Å². The van der Waals surface area contributed by atoms with E-state index in [1.165, 1.54) is 38.5 Å². The molecule has 102 valence electrons. The Hall–Kier alpha value is -0.970. The van der Waals surface area contributed by atoms with Crippen LogP contribution in [-0.2, 0) is 5.41 Å². The molecular formula is C14H20N4S. The molecule has 19 heavy (non-hydrogen) atoms. The third-order valence-electron chi connectivity index (χ3n) is 5.53. The SMILES string of the molecule is CC12CC3CC(C1)CC(c1nc(=S)nc(N)[nH]1)(C3)C2. The molecule has 0 aliphatic heterocycles. The maximum Gasteiger partial charge on any atom is 0.224 e. The Kier molecular flexibility index (Phi) is 2.22. The molecule has 1 heterocycles. The van der Waals surface area contributed by atoms with Crippen molar-refractivity contribution >= 4 is 18.2 Å². The minimum absolute atomic E-state index is 0.184. The van der Waals surface area contributed by atoms with Gasteiger partial charge in [0.15, 0.2) is 0 Å². The van der Waals surface area contributed by atoms with Crippen molar-refractivity contribution in [2.45, 2.75) is 50.9 Å². The molecule has 5 rings (SSSR count). The summed E-state index contributed by atoms with van der Waals surface area (Å²) in [6.07, 6.45) is 7.94. The van der Waals surface area contributed by atoms with Crippen LogP contribution in [0.4, 0.5) is 5.95 Å². The van der Waals surface area contributed by atoms with Crippen LogP contribution in [-0.4, -0.2) is 15.0 Å². The Morgan fingerprint density at radius 1 is 1.21 bits per heavy atom. The molecule has 4 aliphatic rings. The number of anilines is 1. The summed E-state index contributed by atoms with van der Waals surface area (Å²) in [6.45, 7) is 2.46. The predicted octanol–water partition coefficient (Wildman–Crippen LogP) is 2.97. The number of hydrogen-bond acceptors (Lipinski definition) is 4. The third kappa shape index (κ3) is 1.74. The molecule has 0 saturated heterocycles. The molecule has 1 aromatic heterocycles. The molecule has 4 nitrogen and oxygen atoms in total. The van der Waals surface area contributed by atoms with E-state index in [-0.39, 0.29) is 5.41 Å². The number of nitrogens with zero attached hydrogens (tertiary/aromatic N) is 2. The molecular weight excluding hydrogens is 256 g/mol. The number of aromatic amines is 1. The fourth-order valence-electron chi connectivity index (χ4n) is 5.65. The molecule has 5 heteroatoms. The summed E-state index contributed by atoms with van der Waals surface area (Å²) < 4.78 is 0.382. The molecule has 2 atom stereocenters. The normalized spacial score (nSPS) is 43.6. The second kappa shape index (κ2) is 3.57. The first kappa shape index (κ1) is 11.8. The lowest BCUT2D eigenvalue weighted by Gasteiger charge is -2.60. The van der Waals surface area contributed by atoms with Crippen molar-refractivity contribution in [1.29, 1.82) is 0 Å². The van der Waals surface area contributed by atoms with E-state index in [1.54, 1.807) is 0 Å². The maximum absolute atomic E-state index is 5.84. The van der Waals surface area contributed by atoms with Crippen molar-refractivity contribution in [3.63, 3.8) is 0 Å². The lowest BCUT2D eigenvalue weighted by Crippen LogP contribution is -2.53. The highest BCUT2D eigenvalue weighted by molar-refractivity contribution is 7.71. The van der Waals surface area contributed by atoms with Gasteiger partial charge in [-0.05, 0) is 68.0 Å². The van der Waals surface area contributed by atoms with Crippen LogP contribution < -0.4 is 5.73 Å².